The molecule has 0 aliphatic carbocycles. The first-order valence-electron chi connectivity index (χ1n) is 5.83. The monoisotopic (exact) mass is 361 g/mol. The van der Waals surface area contributed by atoms with E-state index >= 15 is 0 Å². The first-order chi connectivity index (χ1) is 9.29. The first kappa shape index (κ1) is 15.1. The fourth-order valence-corrected chi connectivity index (χ4v) is 2.90. The van der Waals surface area contributed by atoms with Gasteiger partial charge in [0.25, 0.3) is 10.0 Å². The Morgan fingerprint density at radius 2 is 2.10 bits per heavy atom. The molecule has 2 N–H and O–H groups in total. The summed E-state index contributed by atoms with van der Waals surface area (Å²) in [4.78, 5) is 3.99. The maximum absolute atomic E-state index is 13.3. The van der Waals surface area contributed by atoms with Crippen LogP contribution in [0.1, 0.15) is 18.3 Å². The number of rotatable bonds is 4. The second kappa shape index (κ2) is 5.63. The molecule has 0 spiro atoms. The molecule has 0 bridgehead atoms. The molecule has 0 amide bonds. The zero-order valence-corrected chi connectivity index (χ0v) is 13.1. The van der Waals surface area contributed by atoms with E-state index in [2.05, 4.69) is 20.9 Å². The van der Waals surface area contributed by atoms with Gasteiger partial charge >= 0.3 is 0 Å². The van der Waals surface area contributed by atoms with Crippen LogP contribution in [0.4, 0.5) is 4.39 Å². The Bertz CT molecular complexity index is 723. The van der Waals surface area contributed by atoms with Crippen molar-refractivity contribution >= 4 is 26.0 Å². The quantitative estimate of drug-likeness (QED) is 0.904. The lowest BCUT2D eigenvalue weighted by Crippen LogP contribution is -2.12. The highest BCUT2D eigenvalue weighted by Crippen LogP contribution is 2.17. The number of halogens is 2. The van der Waals surface area contributed by atoms with Gasteiger partial charge in [-0.15, -0.1) is 0 Å². The van der Waals surface area contributed by atoms with Crippen molar-refractivity contribution in [3.63, 3.8) is 0 Å². The van der Waals surface area contributed by atoms with Crippen LogP contribution in [0, 0.1) is 5.82 Å². The SMILES string of the molecule is CCc1nc(S(N)(=O)=O)cn1Cc1cc(F)cc(Br)c1. The molecule has 1 aromatic heterocycles. The number of primary sulfonamides is 1. The molecule has 0 saturated heterocycles. The summed E-state index contributed by atoms with van der Waals surface area (Å²) < 4.78 is 38.2. The minimum absolute atomic E-state index is 0.176. The summed E-state index contributed by atoms with van der Waals surface area (Å²) in [7, 11) is -3.84. The van der Waals surface area contributed by atoms with Crippen molar-refractivity contribution in [1.82, 2.24) is 9.55 Å². The van der Waals surface area contributed by atoms with Crippen LogP contribution in [-0.2, 0) is 23.0 Å². The van der Waals surface area contributed by atoms with Gasteiger partial charge in [-0.25, -0.2) is 22.9 Å². The Labute approximate surface area is 124 Å². The van der Waals surface area contributed by atoms with E-state index in [0.29, 0.717) is 28.8 Å². The van der Waals surface area contributed by atoms with E-state index in [1.165, 1.54) is 18.3 Å². The number of aryl methyl sites for hydroxylation is 1. The van der Waals surface area contributed by atoms with Crippen molar-refractivity contribution in [2.45, 2.75) is 24.9 Å². The normalized spacial score (nSPS) is 11.8. The maximum atomic E-state index is 13.3. The molecule has 20 heavy (non-hydrogen) atoms. The van der Waals surface area contributed by atoms with E-state index in [0.717, 1.165) is 0 Å². The van der Waals surface area contributed by atoms with Crippen LogP contribution >= 0.6 is 15.9 Å². The molecule has 1 aromatic carbocycles. The van der Waals surface area contributed by atoms with Gasteiger partial charge in [-0.1, -0.05) is 22.9 Å². The van der Waals surface area contributed by atoms with E-state index in [1.807, 2.05) is 6.92 Å². The third-order valence-corrected chi connectivity index (χ3v) is 3.96. The van der Waals surface area contributed by atoms with Crippen LogP contribution in [0.3, 0.4) is 0 Å². The number of benzene rings is 1. The highest BCUT2D eigenvalue weighted by molar-refractivity contribution is 9.10. The second-order valence-corrected chi connectivity index (χ2v) is 6.72. The molecule has 8 heteroatoms. The van der Waals surface area contributed by atoms with E-state index in [1.54, 1.807) is 10.6 Å². The number of nitrogens with zero attached hydrogens (tertiary/aromatic N) is 2. The molecular weight excluding hydrogens is 349 g/mol. The van der Waals surface area contributed by atoms with Gasteiger partial charge in [-0.3, -0.25) is 0 Å². The van der Waals surface area contributed by atoms with Gasteiger partial charge in [0.2, 0.25) is 0 Å². The van der Waals surface area contributed by atoms with Crippen LogP contribution in [0.15, 0.2) is 33.9 Å². The van der Waals surface area contributed by atoms with Crippen LogP contribution in [0.2, 0.25) is 0 Å². The Hall–Kier alpha value is -1.25. The second-order valence-electron chi connectivity index (χ2n) is 4.30. The molecule has 108 valence electrons. The van der Waals surface area contributed by atoms with Crippen molar-refractivity contribution in [1.29, 1.82) is 0 Å². The van der Waals surface area contributed by atoms with Crippen molar-refractivity contribution in [3.05, 3.63) is 46.1 Å². The highest BCUT2D eigenvalue weighted by atomic mass is 79.9. The van der Waals surface area contributed by atoms with Gasteiger partial charge < -0.3 is 4.57 Å². The Morgan fingerprint density at radius 3 is 2.65 bits per heavy atom. The van der Waals surface area contributed by atoms with Gasteiger partial charge in [0.05, 0.1) is 0 Å². The molecular formula is C12H13BrFN3O2S. The van der Waals surface area contributed by atoms with Gasteiger partial charge in [-0.05, 0) is 23.8 Å². The van der Waals surface area contributed by atoms with Crippen molar-refractivity contribution < 1.29 is 12.8 Å². The third kappa shape index (κ3) is 3.44. The van der Waals surface area contributed by atoms with Gasteiger partial charge in [0.15, 0.2) is 5.03 Å². The fourth-order valence-electron chi connectivity index (χ4n) is 1.88. The van der Waals surface area contributed by atoms with E-state index in [9.17, 15) is 12.8 Å². The summed E-state index contributed by atoms with van der Waals surface area (Å²) >= 11 is 3.22. The molecule has 0 saturated carbocycles. The Balaban J connectivity index is 2.40. The zero-order chi connectivity index (χ0) is 14.9. The van der Waals surface area contributed by atoms with Crippen LogP contribution in [0.5, 0.6) is 0 Å². The van der Waals surface area contributed by atoms with Crippen LogP contribution < -0.4 is 5.14 Å². The van der Waals surface area contributed by atoms with Crippen molar-refractivity contribution in [2.75, 3.05) is 0 Å². The Morgan fingerprint density at radius 1 is 1.40 bits per heavy atom. The van der Waals surface area contributed by atoms with E-state index in [4.69, 9.17) is 5.14 Å². The lowest BCUT2D eigenvalue weighted by molar-refractivity contribution is 0.594. The lowest BCUT2D eigenvalue weighted by atomic mass is 10.2. The van der Waals surface area contributed by atoms with Crippen molar-refractivity contribution in [2.24, 2.45) is 5.14 Å². The summed E-state index contributed by atoms with van der Waals surface area (Å²) in [6.45, 7) is 2.18. The largest absolute Gasteiger partial charge is 0.329 e. The number of aromatic nitrogens is 2. The minimum atomic E-state index is -3.84. The average molecular weight is 362 g/mol. The molecule has 0 radical (unpaired) electrons. The lowest BCUT2D eigenvalue weighted by Gasteiger charge is -2.07. The molecule has 0 aliphatic rings. The summed E-state index contributed by atoms with van der Waals surface area (Å²) in [6.07, 6.45) is 1.92. The first-order valence-corrected chi connectivity index (χ1v) is 8.17. The molecule has 0 aliphatic heterocycles. The molecule has 0 unspecified atom stereocenters. The van der Waals surface area contributed by atoms with Crippen molar-refractivity contribution in [3.8, 4) is 0 Å². The summed E-state index contributed by atoms with van der Waals surface area (Å²) in [5.41, 5.74) is 0.699. The van der Waals surface area contributed by atoms with E-state index < -0.39 is 10.0 Å². The van der Waals surface area contributed by atoms with Crippen LogP contribution in [-0.4, -0.2) is 18.0 Å². The topological polar surface area (TPSA) is 78.0 Å². The molecule has 5 nitrogen and oxygen atoms in total. The minimum Gasteiger partial charge on any atom is -0.329 e. The number of hydrogen-bond donors (Lipinski definition) is 1. The average Bonchev–Trinajstić information content (AvgIpc) is 2.70. The number of sulfonamides is 1. The molecule has 2 rings (SSSR count). The van der Waals surface area contributed by atoms with Crippen LogP contribution in [0.25, 0.3) is 0 Å². The standard InChI is InChI=1S/C12H13BrFN3O2S/c1-2-11-16-12(20(15,18)19)7-17(11)6-8-3-9(13)5-10(14)4-8/h3-5,7H,2,6H2,1H3,(H2,15,18,19). The Kier molecular flexibility index (Phi) is 4.26. The predicted molar refractivity (Wildman–Crippen MR) is 76.2 cm³/mol. The smallest absolute Gasteiger partial charge is 0.257 e. The van der Waals surface area contributed by atoms with Gasteiger partial charge in [0, 0.05) is 23.6 Å². The number of imidazole rings is 1. The molecule has 2 aromatic rings. The van der Waals surface area contributed by atoms with Gasteiger partial charge in [0.1, 0.15) is 11.6 Å². The molecule has 1 heterocycles. The number of nitrogens with two attached hydrogens (primary N) is 1. The van der Waals surface area contributed by atoms with Gasteiger partial charge in [-0.2, -0.15) is 0 Å². The number of hydrogen-bond acceptors (Lipinski definition) is 3. The zero-order valence-electron chi connectivity index (χ0n) is 10.7. The predicted octanol–water partition coefficient (Wildman–Crippen LogP) is 2.04. The summed E-state index contributed by atoms with van der Waals surface area (Å²) in [5, 5.41) is 4.89. The van der Waals surface area contributed by atoms with E-state index in [-0.39, 0.29) is 10.8 Å². The molecule has 0 atom stereocenters. The summed E-state index contributed by atoms with van der Waals surface area (Å²) in [6, 6.07) is 4.51. The highest BCUT2D eigenvalue weighted by Gasteiger charge is 2.15. The fraction of sp³-hybridized carbons (Fsp3) is 0.250. The molecule has 0 fully saturated rings. The summed E-state index contributed by atoms with van der Waals surface area (Å²) in [5.74, 6) is 0.216. The maximum Gasteiger partial charge on any atom is 0.257 e. The third-order valence-electron chi connectivity index (χ3n) is 2.72.